The quantitative estimate of drug-likeness (QED) is 0.384. The Bertz CT molecular complexity index is 793. The molecule has 0 radical (unpaired) electrons. The maximum atomic E-state index is 11.8. The summed E-state index contributed by atoms with van der Waals surface area (Å²) in [6.07, 6.45) is 2.67. The normalized spacial score (nSPS) is 10.6. The zero-order valence-corrected chi connectivity index (χ0v) is 15.9. The molecule has 0 saturated heterocycles. The molecule has 7 heteroatoms. The zero-order valence-electron chi connectivity index (χ0n) is 12.3. The number of halogens is 3. The number of amides is 1. The van der Waals surface area contributed by atoms with E-state index in [4.69, 9.17) is 27.9 Å². The number of ether oxygens (including phenoxy) is 1. The van der Waals surface area contributed by atoms with Crippen LogP contribution in [0, 0.1) is 3.57 Å². The van der Waals surface area contributed by atoms with Gasteiger partial charge >= 0.3 is 5.97 Å². The van der Waals surface area contributed by atoms with Crippen LogP contribution in [-0.2, 0) is 14.3 Å². The second-order valence-corrected chi connectivity index (χ2v) is 6.56. The van der Waals surface area contributed by atoms with Crippen LogP contribution < -0.4 is 5.32 Å². The second-order valence-electron chi connectivity index (χ2n) is 4.61. The van der Waals surface area contributed by atoms with Gasteiger partial charge in [-0.2, -0.15) is 0 Å². The molecule has 0 fully saturated rings. The molecule has 24 heavy (non-hydrogen) atoms. The summed E-state index contributed by atoms with van der Waals surface area (Å²) < 4.78 is 5.79. The van der Waals surface area contributed by atoms with Crippen LogP contribution in [0.1, 0.15) is 5.56 Å². The number of hydrogen-bond acceptors (Lipinski definition) is 3. The van der Waals surface area contributed by atoms with Crippen LogP contribution in [0.5, 0.6) is 0 Å². The third kappa shape index (κ3) is 5.51. The Kier molecular flexibility index (Phi) is 7.08. The van der Waals surface area contributed by atoms with Gasteiger partial charge in [-0.1, -0.05) is 47.5 Å². The molecule has 0 spiro atoms. The predicted molar refractivity (Wildman–Crippen MR) is 104 cm³/mol. The van der Waals surface area contributed by atoms with E-state index in [0.29, 0.717) is 21.3 Å². The van der Waals surface area contributed by atoms with E-state index < -0.39 is 11.9 Å². The topological polar surface area (TPSA) is 55.4 Å². The Labute approximate surface area is 162 Å². The molecule has 0 unspecified atom stereocenters. The fourth-order valence-electron chi connectivity index (χ4n) is 1.74. The van der Waals surface area contributed by atoms with E-state index in [1.54, 1.807) is 30.3 Å². The van der Waals surface area contributed by atoms with E-state index in [0.717, 1.165) is 3.57 Å². The lowest BCUT2D eigenvalue weighted by Gasteiger charge is -2.07. The minimum Gasteiger partial charge on any atom is -0.452 e. The highest BCUT2D eigenvalue weighted by atomic mass is 127. The summed E-state index contributed by atoms with van der Waals surface area (Å²) in [5, 5.41) is 3.41. The van der Waals surface area contributed by atoms with E-state index in [9.17, 15) is 9.59 Å². The minimum atomic E-state index is -0.649. The number of carbonyl (C=O) groups excluding carboxylic acids is 2. The van der Waals surface area contributed by atoms with Crippen LogP contribution in [0.15, 0.2) is 48.5 Å². The van der Waals surface area contributed by atoms with E-state index >= 15 is 0 Å². The Morgan fingerprint density at radius 2 is 1.88 bits per heavy atom. The zero-order chi connectivity index (χ0) is 17.5. The summed E-state index contributed by atoms with van der Waals surface area (Å²) in [5.41, 5.74) is 1.25. The lowest BCUT2D eigenvalue weighted by molar-refractivity contribution is -0.142. The van der Waals surface area contributed by atoms with Gasteiger partial charge in [0.05, 0.1) is 15.7 Å². The maximum Gasteiger partial charge on any atom is 0.331 e. The van der Waals surface area contributed by atoms with Gasteiger partial charge in [0.2, 0.25) is 0 Å². The van der Waals surface area contributed by atoms with Crippen LogP contribution in [0.2, 0.25) is 10.0 Å². The highest BCUT2D eigenvalue weighted by Crippen LogP contribution is 2.26. The molecule has 1 N–H and O–H groups in total. The van der Waals surface area contributed by atoms with Gasteiger partial charge in [0, 0.05) is 9.65 Å². The van der Waals surface area contributed by atoms with Crippen molar-refractivity contribution < 1.29 is 14.3 Å². The first kappa shape index (κ1) is 18.8. The number of nitrogens with one attached hydrogen (secondary N) is 1. The first-order valence-corrected chi connectivity index (χ1v) is 8.64. The molecule has 0 aromatic heterocycles. The molecular weight excluding hydrogens is 464 g/mol. The molecule has 2 aromatic rings. The fourth-order valence-corrected chi connectivity index (χ4v) is 2.63. The van der Waals surface area contributed by atoms with Crippen molar-refractivity contribution in [2.45, 2.75) is 0 Å². The van der Waals surface area contributed by atoms with Crippen LogP contribution in [-0.4, -0.2) is 18.5 Å². The minimum absolute atomic E-state index is 0.347. The summed E-state index contributed by atoms with van der Waals surface area (Å²) >= 11 is 14.0. The summed E-state index contributed by atoms with van der Waals surface area (Å²) in [7, 11) is 0. The summed E-state index contributed by atoms with van der Waals surface area (Å²) in [4.78, 5) is 23.5. The van der Waals surface area contributed by atoms with Crippen molar-refractivity contribution in [1.82, 2.24) is 0 Å². The Hall–Kier alpha value is -1.57. The summed E-state index contributed by atoms with van der Waals surface area (Å²) in [6.45, 7) is -0.378. The van der Waals surface area contributed by atoms with E-state index in [1.165, 1.54) is 12.2 Å². The SMILES string of the molecule is O=C(COC(=O)/C=C/c1cccc(Cl)c1Cl)Nc1ccccc1I. The van der Waals surface area contributed by atoms with Crippen molar-refractivity contribution >= 4 is 69.4 Å². The van der Waals surface area contributed by atoms with Gasteiger partial charge in [0.25, 0.3) is 5.91 Å². The molecule has 2 rings (SSSR count). The van der Waals surface area contributed by atoms with Gasteiger partial charge in [-0.3, -0.25) is 4.79 Å². The van der Waals surface area contributed by atoms with Crippen LogP contribution >= 0.6 is 45.8 Å². The third-order valence-corrected chi connectivity index (χ3v) is 4.65. The number of anilines is 1. The Morgan fingerprint density at radius 1 is 1.12 bits per heavy atom. The largest absolute Gasteiger partial charge is 0.452 e. The number of benzene rings is 2. The van der Waals surface area contributed by atoms with Crippen molar-refractivity contribution in [3.8, 4) is 0 Å². The van der Waals surface area contributed by atoms with Gasteiger partial charge in [0.15, 0.2) is 6.61 Å². The predicted octanol–water partition coefficient (Wildman–Crippen LogP) is 4.79. The van der Waals surface area contributed by atoms with E-state index in [1.807, 2.05) is 12.1 Å². The molecule has 1 amide bonds. The monoisotopic (exact) mass is 475 g/mol. The van der Waals surface area contributed by atoms with Crippen molar-refractivity contribution in [2.24, 2.45) is 0 Å². The number of rotatable bonds is 5. The number of carbonyl (C=O) groups is 2. The molecule has 2 aromatic carbocycles. The highest BCUT2D eigenvalue weighted by Gasteiger charge is 2.08. The molecule has 0 heterocycles. The molecule has 124 valence electrons. The van der Waals surface area contributed by atoms with Crippen molar-refractivity contribution in [1.29, 1.82) is 0 Å². The van der Waals surface area contributed by atoms with Crippen LogP contribution in [0.3, 0.4) is 0 Å². The average molecular weight is 476 g/mol. The van der Waals surface area contributed by atoms with Crippen LogP contribution in [0.25, 0.3) is 6.08 Å². The molecular formula is C17H12Cl2INO3. The van der Waals surface area contributed by atoms with E-state index in [-0.39, 0.29) is 6.61 Å². The van der Waals surface area contributed by atoms with Gasteiger partial charge in [0.1, 0.15) is 0 Å². The number of para-hydroxylation sites is 1. The van der Waals surface area contributed by atoms with Gasteiger partial charge in [-0.15, -0.1) is 0 Å². The number of esters is 1. The molecule has 0 atom stereocenters. The summed E-state index contributed by atoms with van der Waals surface area (Å²) in [5.74, 6) is -1.06. The van der Waals surface area contributed by atoms with Gasteiger partial charge in [-0.25, -0.2) is 4.79 Å². The van der Waals surface area contributed by atoms with Crippen LogP contribution in [0.4, 0.5) is 5.69 Å². The summed E-state index contributed by atoms with van der Waals surface area (Å²) in [6, 6.07) is 12.4. The smallest absolute Gasteiger partial charge is 0.331 e. The first-order chi connectivity index (χ1) is 11.5. The van der Waals surface area contributed by atoms with E-state index in [2.05, 4.69) is 27.9 Å². The fraction of sp³-hybridized carbons (Fsp3) is 0.0588. The highest BCUT2D eigenvalue weighted by molar-refractivity contribution is 14.1. The third-order valence-electron chi connectivity index (χ3n) is 2.87. The molecule has 0 saturated carbocycles. The Balaban J connectivity index is 1.87. The molecule has 0 bridgehead atoms. The van der Waals surface area contributed by atoms with Crippen molar-refractivity contribution in [2.75, 3.05) is 11.9 Å². The maximum absolute atomic E-state index is 11.8. The molecule has 0 aliphatic carbocycles. The number of hydrogen-bond donors (Lipinski definition) is 1. The van der Waals surface area contributed by atoms with Gasteiger partial charge < -0.3 is 10.1 Å². The Morgan fingerprint density at radius 3 is 2.62 bits per heavy atom. The standard InChI is InChI=1S/C17H12Cl2INO3/c18-12-5-3-4-11(17(12)19)8-9-16(23)24-10-15(22)21-14-7-2-1-6-13(14)20/h1-9H,10H2,(H,21,22)/b9-8+. The average Bonchev–Trinajstić information content (AvgIpc) is 2.56. The molecule has 0 aliphatic rings. The second kappa shape index (κ2) is 9.05. The van der Waals surface area contributed by atoms with Crippen molar-refractivity contribution in [3.63, 3.8) is 0 Å². The molecule has 4 nitrogen and oxygen atoms in total. The lowest BCUT2D eigenvalue weighted by Crippen LogP contribution is -2.20. The molecule has 0 aliphatic heterocycles. The van der Waals surface area contributed by atoms with Gasteiger partial charge in [-0.05, 0) is 52.4 Å². The first-order valence-electron chi connectivity index (χ1n) is 6.80. The van der Waals surface area contributed by atoms with Crippen molar-refractivity contribution in [3.05, 3.63) is 67.7 Å². The lowest BCUT2D eigenvalue weighted by atomic mass is 10.2.